The normalized spacial score (nSPS) is 10.8. The van der Waals surface area contributed by atoms with E-state index in [1.165, 1.54) is 0 Å². The molecule has 0 unspecified atom stereocenters. The highest BCUT2D eigenvalue weighted by Gasteiger charge is 2.06. The van der Waals surface area contributed by atoms with Gasteiger partial charge in [0.15, 0.2) is 0 Å². The Hall–Kier alpha value is -1.37. The first-order chi connectivity index (χ1) is 10.2. The first kappa shape index (κ1) is 16.0. The molecule has 0 aliphatic carbocycles. The number of halogens is 1. The van der Waals surface area contributed by atoms with E-state index in [0.717, 1.165) is 34.6 Å². The van der Waals surface area contributed by atoms with Crippen LogP contribution in [0.15, 0.2) is 34.9 Å². The average Bonchev–Trinajstić information content (AvgIpc) is 2.88. The molecule has 0 aliphatic rings. The summed E-state index contributed by atoms with van der Waals surface area (Å²) in [5.41, 5.74) is 2.02. The standard InChI is InChI=1S/C15H20BrN3O2/c1-19-7-5-14(18-19)11-21-15-4-3-13(16)9-12(15)10-17-6-8-20-2/h3-5,7,9,17H,6,8,10-11H2,1-2H3. The summed E-state index contributed by atoms with van der Waals surface area (Å²) >= 11 is 3.49. The van der Waals surface area contributed by atoms with Crippen LogP contribution in [0.4, 0.5) is 0 Å². The second kappa shape index (κ2) is 8.17. The van der Waals surface area contributed by atoms with E-state index >= 15 is 0 Å². The van der Waals surface area contributed by atoms with Crippen molar-refractivity contribution in [2.75, 3.05) is 20.3 Å². The molecule has 5 nitrogen and oxygen atoms in total. The van der Waals surface area contributed by atoms with Crippen molar-refractivity contribution < 1.29 is 9.47 Å². The number of aryl methyl sites for hydroxylation is 1. The largest absolute Gasteiger partial charge is 0.487 e. The van der Waals surface area contributed by atoms with Gasteiger partial charge >= 0.3 is 0 Å². The van der Waals surface area contributed by atoms with Gasteiger partial charge in [-0.05, 0) is 24.3 Å². The molecule has 6 heteroatoms. The van der Waals surface area contributed by atoms with Gasteiger partial charge in [-0.25, -0.2) is 0 Å². The SMILES string of the molecule is COCCNCc1cc(Br)ccc1OCc1ccn(C)n1. The first-order valence-corrected chi connectivity index (χ1v) is 7.57. The molecule has 1 heterocycles. The number of methoxy groups -OCH3 is 1. The third-order valence-electron chi connectivity index (χ3n) is 2.97. The van der Waals surface area contributed by atoms with Gasteiger partial charge in [-0.3, -0.25) is 4.68 Å². The van der Waals surface area contributed by atoms with Crippen LogP contribution in [0.1, 0.15) is 11.3 Å². The van der Waals surface area contributed by atoms with Gasteiger partial charge in [0.25, 0.3) is 0 Å². The molecule has 0 radical (unpaired) electrons. The van der Waals surface area contributed by atoms with Crippen LogP contribution < -0.4 is 10.1 Å². The monoisotopic (exact) mass is 353 g/mol. The van der Waals surface area contributed by atoms with Crippen LogP contribution in [-0.2, 0) is 24.9 Å². The predicted octanol–water partition coefficient (Wildman–Crippen LogP) is 2.50. The van der Waals surface area contributed by atoms with E-state index in [1.54, 1.807) is 11.8 Å². The van der Waals surface area contributed by atoms with Gasteiger partial charge < -0.3 is 14.8 Å². The van der Waals surface area contributed by atoms with Crippen molar-refractivity contribution in [1.29, 1.82) is 0 Å². The van der Waals surface area contributed by atoms with E-state index in [0.29, 0.717) is 13.2 Å². The summed E-state index contributed by atoms with van der Waals surface area (Å²) in [7, 11) is 3.59. The van der Waals surface area contributed by atoms with Crippen molar-refractivity contribution in [2.45, 2.75) is 13.2 Å². The minimum Gasteiger partial charge on any atom is -0.487 e. The number of ether oxygens (including phenoxy) is 2. The lowest BCUT2D eigenvalue weighted by molar-refractivity contribution is 0.199. The van der Waals surface area contributed by atoms with Gasteiger partial charge in [-0.15, -0.1) is 0 Å². The van der Waals surface area contributed by atoms with E-state index < -0.39 is 0 Å². The molecular formula is C15H20BrN3O2. The second-order valence-electron chi connectivity index (χ2n) is 4.69. The number of hydrogen-bond acceptors (Lipinski definition) is 4. The first-order valence-electron chi connectivity index (χ1n) is 6.78. The Morgan fingerprint density at radius 1 is 1.33 bits per heavy atom. The summed E-state index contributed by atoms with van der Waals surface area (Å²) in [6, 6.07) is 7.97. The van der Waals surface area contributed by atoms with Crippen LogP contribution in [0, 0.1) is 0 Å². The van der Waals surface area contributed by atoms with Gasteiger partial charge in [-0.1, -0.05) is 15.9 Å². The predicted molar refractivity (Wildman–Crippen MR) is 85.3 cm³/mol. The molecule has 0 saturated heterocycles. The fourth-order valence-electron chi connectivity index (χ4n) is 1.92. The Kier molecular flexibility index (Phi) is 6.22. The van der Waals surface area contributed by atoms with Crippen LogP contribution in [0.25, 0.3) is 0 Å². The molecule has 2 aromatic rings. The van der Waals surface area contributed by atoms with E-state index in [9.17, 15) is 0 Å². The molecule has 1 N–H and O–H groups in total. The van der Waals surface area contributed by atoms with Crippen LogP contribution >= 0.6 is 15.9 Å². The number of nitrogens with zero attached hydrogens (tertiary/aromatic N) is 2. The van der Waals surface area contributed by atoms with E-state index in [4.69, 9.17) is 9.47 Å². The lowest BCUT2D eigenvalue weighted by Crippen LogP contribution is -2.19. The van der Waals surface area contributed by atoms with Gasteiger partial charge in [0.05, 0.1) is 12.3 Å². The van der Waals surface area contributed by atoms with Crippen LogP contribution in [0.3, 0.4) is 0 Å². The summed E-state index contributed by atoms with van der Waals surface area (Å²) in [4.78, 5) is 0. The third kappa shape index (κ3) is 5.15. The highest BCUT2D eigenvalue weighted by atomic mass is 79.9. The average molecular weight is 354 g/mol. The molecule has 2 rings (SSSR count). The highest BCUT2D eigenvalue weighted by Crippen LogP contribution is 2.24. The van der Waals surface area contributed by atoms with E-state index in [2.05, 4.69) is 32.4 Å². The molecule has 0 spiro atoms. The number of rotatable bonds is 8. The van der Waals surface area contributed by atoms with Crippen LogP contribution in [0.2, 0.25) is 0 Å². The lowest BCUT2D eigenvalue weighted by Gasteiger charge is -2.12. The lowest BCUT2D eigenvalue weighted by atomic mass is 10.2. The number of nitrogens with one attached hydrogen (secondary N) is 1. The van der Waals surface area contributed by atoms with Crippen LogP contribution in [-0.4, -0.2) is 30.0 Å². The van der Waals surface area contributed by atoms with Gasteiger partial charge in [0, 0.05) is 43.5 Å². The summed E-state index contributed by atoms with van der Waals surface area (Å²) in [5, 5.41) is 7.64. The topological polar surface area (TPSA) is 48.3 Å². The molecule has 0 amide bonds. The Bertz CT molecular complexity index is 572. The van der Waals surface area contributed by atoms with Crippen molar-refractivity contribution in [3.05, 3.63) is 46.2 Å². The summed E-state index contributed by atoms with van der Waals surface area (Å²) in [5.74, 6) is 0.869. The van der Waals surface area contributed by atoms with Crippen LogP contribution in [0.5, 0.6) is 5.75 Å². The van der Waals surface area contributed by atoms with Gasteiger partial charge in [-0.2, -0.15) is 5.10 Å². The maximum atomic E-state index is 5.88. The van der Waals surface area contributed by atoms with Crippen molar-refractivity contribution in [1.82, 2.24) is 15.1 Å². The molecule has 0 atom stereocenters. The van der Waals surface area contributed by atoms with Gasteiger partial charge in [0.1, 0.15) is 12.4 Å². The molecule has 1 aromatic carbocycles. The highest BCUT2D eigenvalue weighted by molar-refractivity contribution is 9.10. The molecule has 114 valence electrons. The zero-order valence-corrected chi connectivity index (χ0v) is 13.9. The van der Waals surface area contributed by atoms with Crippen molar-refractivity contribution in [3.8, 4) is 5.75 Å². The minimum atomic E-state index is 0.466. The number of benzene rings is 1. The molecule has 0 saturated carbocycles. The Morgan fingerprint density at radius 2 is 2.19 bits per heavy atom. The minimum absolute atomic E-state index is 0.466. The maximum absolute atomic E-state index is 5.88. The molecule has 1 aromatic heterocycles. The van der Waals surface area contributed by atoms with Crippen molar-refractivity contribution in [3.63, 3.8) is 0 Å². The Morgan fingerprint density at radius 3 is 2.90 bits per heavy atom. The molecule has 0 bridgehead atoms. The van der Waals surface area contributed by atoms with Gasteiger partial charge in [0.2, 0.25) is 0 Å². The van der Waals surface area contributed by atoms with Crippen molar-refractivity contribution in [2.24, 2.45) is 7.05 Å². The number of hydrogen-bond donors (Lipinski definition) is 1. The van der Waals surface area contributed by atoms with Crippen molar-refractivity contribution >= 4 is 15.9 Å². The number of aromatic nitrogens is 2. The molecule has 0 aliphatic heterocycles. The summed E-state index contributed by atoms with van der Waals surface area (Å²) in [6.07, 6.45) is 1.91. The summed E-state index contributed by atoms with van der Waals surface area (Å²) < 4.78 is 13.7. The Labute approximate surface area is 133 Å². The smallest absolute Gasteiger partial charge is 0.132 e. The quantitative estimate of drug-likeness (QED) is 0.740. The van der Waals surface area contributed by atoms with E-state index in [1.807, 2.05) is 31.4 Å². The summed E-state index contributed by atoms with van der Waals surface area (Å²) in [6.45, 7) is 2.70. The Balaban J connectivity index is 1.97. The molecule has 0 fully saturated rings. The van der Waals surface area contributed by atoms with E-state index in [-0.39, 0.29) is 0 Å². The maximum Gasteiger partial charge on any atom is 0.132 e. The molecule has 21 heavy (non-hydrogen) atoms. The second-order valence-corrected chi connectivity index (χ2v) is 5.61. The zero-order chi connectivity index (χ0) is 15.1. The molecular weight excluding hydrogens is 334 g/mol. The fraction of sp³-hybridized carbons (Fsp3) is 0.400. The fourth-order valence-corrected chi connectivity index (χ4v) is 2.32. The zero-order valence-electron chi connectivity index (χ0n) is 12.3. The third-order valence-corrected chi connectivity index (χ3v) is 3.46.